The summed E-state index contributed by atoms with van der Waals surface area (Å²) in [4.78, 5) is 60.7. The second-order valence-corrected chi connectivity index (χ2v) is 7.26. The van der Waals surface area contributed by atoms with Crippen molar-refractivity contribution in [2.75, 3.05) is 47.5 Å². The molecule has 34 heavy (non-hydrogen) atoms. The highest BCUT2D eigenvalue weighted by atomic mass is 16.5. The van der Waals surface area contributed by atoms with Crippen LogP contribution >= 0.6 is 0 Å². The number of benzene rings is 2. The molecule has 2 rings (SSSR count). The van der Waals surface area contributed by atoms with E-state index in [-0.39, 0.29) is 60.7 Å². The van der Waals surface area contributed by atoms with Crippen LogP contribution in [0.3, 0.4) is 0 Å². The van der Waals surface area contributed by atoms with Gasteiger partial charge in [0, 0.05) is 38.8 Å². The molecular weight excluding hydrogens is 444 g/mol. The van der Waals surface area contributed by atoms with Gasteiger partial charge < -0.3 is 24.0 Å². The number of rotatable bonds is 13. The highest BCUT2D eigenvalue weighted by Gasteiger charge is 2.16. The molecule has 0 saturated carbocycles. The van der Waals surface area contributed by atoms with Gasteiger partial charge in [-0.3, -0.25) is 24.0 Å². The minimum atomic E-state index is -0.377. The molecule has 0 heterocycles. The highest BCUT2D eigenvalue weighted by Crippen LogP contribution is 2.23. The quantitative estimate of drug-likeness (QED) is 0.404. The number of hydrogen-bond donors (Lipinski definition) is 0. The summed E-state index contributed by atoms with van der Waals surface area (Å²) >= 11 is 0. The molecule has 0 fully saturated rings. The van der Waals surface area contributed by atoms with E-state index < -0.39 is 0 Å². The van der Waals surface area contributed by atoms with Crippen LogP contribution in [0.5, 0.6) is 17.2 Å². The monoisotopic (exact) mass is 470 g/mol. The first kappa shape index (κ1) is 26.0. The van der Waals surface area contributed by atoms with E-state index in [0.717, 1.165) is 0 Å². The first-order valence-corrected chi connectivity index (χ1v) is 10.2. The summed E-state index contributed by atoms with van der Waals surface area (Å²) in [7, 11) is 4.59. The first-order chi connectivity index (χ1) is 16.3. The molecule has 0 unspecified atom stereocenters. The van der Waals surface area contributed by atoms with Crippen LogP contribution in [-0.4, -0.2) is 88.0 Å². The molecule has 2 amide bonds. The van der Waals surface area contributed by atoms with Gasteiger partial charge in [-0.2, -0.15) is 0 Å². The predicted molar refractivity (Wildman–Crippen MR) is 122 cm³/mol. The topological polar surface area (TPSA) is 120 Å². The van der Waals surface area contributed by atoms with E-state index in [1.807, 2.05) is 0 Å². The molecule has 10 heteroatoms. The third-order valence-electron chi connectivity index (χ3n) is 4.97. The number of carbonyl (C=O) groups is 5. The Kier molecular flexibility index (Phi) is 9.75. The van der Waals surface area contributed by atoms with E-state index in [9.17, 15) is 24.0 Å². The van der Waals surface area contributed by atoms with Gasteiger partial charge >= 0.3 is 0 Å². The largest absolute Gasteiger partial charge is 0.497 e. The second kappa shape index (κ2) is 12.7. The maximum absolute atomic E-state index is 12.4. The molecule has 180 valence electrons. The van der Waals surface area contributed by atoms with Crippen molar-refractivity contribution in [2.24, 2.45) is 0 Å². The first-order valence-electron chi connectivity index (χ1n) is 10.2. The molecule has 0 spiro atoms. The number of aldehydes is 3. The molecular formula is C24H26N2O8. The Morgan fingerprint density at radius 1 is 0.765 bits per heavy atom. The molecule has 0 aliphatic heterocycles. The summed E-state index contributed by atoms with van der Waals surface area (Å²) in [6.45, 7) is -0.195. The lowest BCUT2D eigenvalue weighted by molar-refractivity contribution is -0.135. The zero-order valence-corrected chi connectivity index (χ0v) is 19.2. The van der Waals surface area contributed by atoms with Crippen molar-refractivity contribution < 1.29 is 38.2 Å². The van der Waals surface area contributed by atoms with Crippen molar-refractivity contribution in [3.8, 4) is 17.2 Å². The van der Waals surface area contributed by atoms with Crippen LogP contribution in [-0.2, 0) is 9.59 Å². The molecule has 0 saturated heterocycles. The van der Waals surface area contributed by atoms with Crippen molar-refractivity contribution in [1.29, 1.82) is 0 Å². The van der Waals surface area contributed by atoms with E-state index in [4.69, 9.17) is 14.2 Å². The van der Waals surface area contributed by atoms with Crippen LogP contribution < -0.4 is 14.2 Å². The SMILES string of the molecule is COc1ccc(C=O)c(OCC(=O)N(C)CCN(C)C(=O)COc2cc(C=O)ccc2C=O)c1. The summed E-state index contributed by atoms with van der Waals surface area (Å²) in [5.74, 6) is 0.129. The fourth-order valence-electron chi connectivity index (χ4n) is 2.76. The van der Waals surface area contributed by atoms with Crippen LogP contribution in [0, 0.1) is 0 Å². The number of ether oxygens (including phenoxy) is 3. The molecule has 0 aliphatic rings. The van der Waals surface area contributed by atoms with Gasteiger partial charge in [-0.25, -0.2) is 0 Å². The van der Waals surface area contributed by atoms with E-state index >= 15 is 0 Å². The third-order valence-corrected chi connectivity index (χ3v) is 4.97. The van der Waals surface area contributed by atoms with Crippen molar-refractivity contribution in [2.45, 2.75) is 0 Å². The summed E-state index contributed by atoms with van der Waals surface area (Å²) in [6.07, 6.45) is 1.81. The molecule has 0 N–H and O–H groups in total. The van der Waals surface area contributed by atoms with Gasteiger partial charge in [0.15, 0.2) is 25.8 Å². The standard InChI is InChI=1S/C24H26N2O8/c1-25(23(30)15-33-21-10-17(12-27)4-5-18(21)13-28)8-9-26(2)24(31)16-34-22-11-20(32-3)7-6-19(22)14-29/h4-7,10-14H,8-9,15-16H2,1-3H3. The molecule has 10 nitrogen and oxygen atoms in total. The molecule has 0 atom stereocenters. The van der Waals surface area contributed by atoms with Crippen LogP contribution in [0.2, 0.25) is 0 Å². The van der Waals surface area contributed by atoms with Gasteiger partial charge in [0.2, 0.25) is 0 Å². The fourth-order valence-corrected chi connectivity index (χ4v) is 2.76. The minimum absolute atomic E-state index is 0.137. The zero-order valence-electron chi connectivity index (χ0n) is 19.2. The summed E-state index contributed by atoms with van der Waals surface area (Å²) in [5, 5.41) is 0. The van der Waals surface area contributed by atoms with E-state index in [1.165, 1.54) is 47.2 Å². The lowest BCUT2D eigenvalue weighted by Gasteiger charge is -2.23. The summed E-state index contributed by atoms with van der Waals surface area (Å²) in [6, 6.07) is 8.96. The van der Waals surface area contributed by atoms with Gasteiger partial charge in [0.1, 0.15) is 23.5 Å². The van der Waals surface area contributed by atoms with Gasteiger partial charge in [0.25, 0.3) is 11.8 Å². The van der Waals surface area contributed by atoms with E-state index in [0.29, 0.717) is 30.2 Å². The molecule has 0 radical (unpaired) electrons. The third kappa shape index (κ3) is 7.16. The number of methoxy groups -OCH3 is 1. The average molecular weight is 470 g/mol. The predicted octanol–water partition coefficient (Wildman–Crippen LogP) is 1.51. The molecule has 0 bridgehead atoms. The maximum atomic E-state index is 12.4. The van der Waals surface area contributed by atoms with Crippen LogP contribution in [0.1, 0.15) is 31.1 Å². The zero-order chi connectivity index (χ0) is 25.1. The number of hydrogen-bond acceptors (Lipinski definition) is 8. The normalized spacial score (nSPS) is 10.1. The van der Waals surface area contributed by atoms with Crippen molar-refractivity contribution in [1.82, 2.24) is 9.80 Å². The van der Waals surface area contributed by atoms with Crippen LogP contribution in [0.25, 0.3) is 0 Å². The Hall–Kier alpha value is -4.21. The van der Waals surface area contributed by atoms with Crippen LogP contribution in [0.4, 0.5) is 0 Å². The summed E-state index contributed by atoms with van der Waals surface area (Å²) in [5.41, 5.74) is 0.830. The van der Waals surface area contributed by atoms with Crippen molar-refractivity contribution in [3.05, 3.63) is 53.1 Å². The lowest BCUT2D eigenvalue weighted by Crippen LogP contribution is -2.40. The number of likely N-dealkylation sites (N-methyl/N-ethyl adjacent to an activating group) is 2. The number of amides is 2. The molecule has 2 aromatic rings. The van der Waals surface area contributed by atoms with Gasteiger partial charge in [-0.05, 0) is 24.3 Å². The Balaban J connectivity index is 1.84. The van der Waals surface area contributed by atoms with Crippen molar-refractivity contribution in [3.63, 3.8) is 0 Å². The second-order valence-electron chi connectivity index (χ2n) is 7.26. The fraction of sp³-hybridized carbons (Fsp3) is 0.292. The van der Waals surface area contributed by atoms with Gasteiger partial charge in [-0.15, -0.1) is 0 Å². The molecule has 2 aromatic carbocycles. The highest BCUT2D eigenvalue weighted by molar-refractivity contribution is 5.84. The van der Waals surface area contributed by atoms with E-state index in [1.54, 1.807) is 20.2 Å². The summed E-state index contributed by atoms with van der Waals surface area (Å²) < 4.78 is 16.0. The van der Waals surface area contributed by atoms with Crippen molar-refractivity contribution >= 4 is 30.7 Å². The smallest absolute Gasteiger partial charge is 0.260 e. The van der Waals surface area contributed by atoms with Gasteiger partial charge in [0.05, 0.1) is 18.2 Å². The Morgan fingerprint density at radius 3 is 1.74 bits per heavy atom. The Labute approximate surface area is 197 Å². The Morgan fingerprint density at radius 2 is 1.26 bits per heavy atom. The maximum Gasteiger partial charge on any atom is 0.260 e. The minimum Gasteiger partial charge on any atom is -0.497 e. The van der Waals surface area contributed by atoms with Gasteiger partial charge in [-0.1, -0.05) is 6.07 Å². The number of nitrogens with zero attached hydrogens (tertiary/aromatic N) is 2. The van der Waals surface area contributed by atoms with E-state index in [2.05, 4.69) is 0 Å². The number of carbonyl (C=O) groups excluding carboxylic acids is 5. The molecule has 0 aromatic heterocycles. The van der Waals surface area contributed by atoms with Crippen LogP contribution in [0.15, 0.2) is 36.4 Å². The Bertz CT molecular complexity index is 1050. The lowest BCUT2D eigenvalue weighted by atomic mass is 10.1. The average Bonchev–Trinajstić information content (AvgIpc) is 2.87. The molecule has 0 aliphatic carbocycles.